The van der Waals surface area contributed by atoms with E-state index >= 15 is 0 Å². The predicted molar refractivity (Wildman–Crippen MR) is 81.5 cm³/mol. The van der Waals surface area contributed by atoms with Crippen LogP contribution in [0.1, 0.15) is 77.0 Å². The second-order valence-corrected chi connectivity index (χ2v) is 6.67. The number of amides is 1. The minimum absolute atomic E-state index is 0.0830. The Kier molecular flexibility index (Phi) is 6.85. The quantitative estimate of drug-likeness (QED) is 0.838. The molecule has 2 fully saturated rings. The van der Waals surface area contributed by atoms with Gasteiger partial charge in [-0.3, -0.25) is 4.79 Å². The van der Waals surface area contributed by atoms with Gasteiger partial charge in [-0.1, -0.05) is 44.9 Å². The minimum atomic E-state index is 0.0830. The SMILES string of the molecule is O=C(CCCC1CCCCC1)N1CCCCCC1CO. The average Bonchev–Trinajstić information content (AvgIpc) is 2.73. The third-order valence-electron chi connectivity index (χ3n) is 5.14. The zero-order valence-corrected chi connectivity index (χ0v) is 12.9. The molecule has 1 aliphatic carbocycles. The van der Waals surface area contributed by atoms with E-state index in [2.05, 4.69) is 0 Å². The molecule has 1 saturated heterocycles. The minimum Gasteiger partial charge on any atom is -0.394 e. The molecule has 0 bridgehead atoms. The first-order valence-corrected chi connectivity index (χ1v) is 8.71. The summed E-state index contributed by atoms with van der Waals surface area (Å²) in [4.78, 5) is 14.3. The second kappa shape index (κ2) is 8.66. The van der Waals surface area contributed by atoms with E-state index in [4.69, 9.17) is 0 Å². The van der Waals surface area contributed by atoms with Gasteiger partial charge in [0.1, 0.15) is 0 Å². The van der Waals surface area contributed by atoms with Crippen LogP contribution in [0.15, 0.2) is 0 Å². The lowest BCUT2D eigenvalue weighted by molar-refractivity contribution is -0.134. The second-order valence-electron chi connectivity index (χ2n) is 6.67. The topological polar surface area (TPSA) is 40.5 Å². The molecule has 0 radical (unpaired) electrons. The number of hydrogen-bond donors (Lipinski definition) is 1. The highest BCUT2D eigenvalue weighted by molar-refractivity contribution is 5.76. The molecular formula is C17H31NO2. The first kappa shape index (κ1) is 15.8. The summed E-state index contributed by atoms with van der Waals surface area (Å²) in [6, 6.07) is 0.0830. The van der Waals surface area contributed by atoms with Gasteiger partial charge in [0.2, 0.25) is 5.91 Å². The van der Waals surface area contributed by atoms with Crippen molar-refractivity contribution in [1.29, 1.82) is 0 Å². The predicted octanol–water partition coefficient (Wildman–Crippen LogP) is 3.50. The number of carbonyl (C=O) groups is 1. The zero-order valence-electron chi connectivity index (χ0n) is 12.9. The Balaban J connectivity index is 1.71. The monoisotopic (exact) mass is 281 g/mol. The summed E-state index contributed by atoms with van der Waals surface area (Å²) in [6.07, 6.45) is 14.3. The van der Waals surface area contributed by atoms with Crippen LogP contribution in [0.4, 0.5) is 0 Å². The highest BCUT2D eigenvalue weighted by atomic mass is 16.3. The van der Waals surface area contributed by atoms with E-state index in [-0.39, 0.29) is 18.6 Å². The lowest BCUT2D eigenvalue weighted by atomic mass is 9.86. The largest absolute Gasteiger partial charge is 0.394 e. The van der Waals surface area contributed by atoms with Gasteiger partial charge in [-0.2, -0.15) is 0 Å². The van der Waals surface area contributed by atoms with Crippen LogP contribution in [-0.4, -0.2) is 35.1 Å². The molecule has 1 N–H and O–H groups in total. The maximum absolute atomic E-state index is 12.4. The smallest absolute Gasteiger partial charge is 0.222 e. The zero-order chi connectivity index (χ0) is 14.2. The van der Waals surface area contributed by atoms with Gasteiger partial charge in [0.25, 0.3) is 0 Å². The van der Waals surface area contributed by atoms with Gasteiger partial charge in [-0.15, -0.1) is 0 Å². The van der Waals surface area contributed by atoms with E-state index in [1.54, 1.807) is 0 Å². The van der Waals surface area contributed by atoms with Gasteiger partial charge in [0.15, 0.2) is 0 Å². The van der Waals surface area contributed by atoms with Crippen molar-refractivity contribution >= 4 is 5.91 Å². The number of likely N-dealkylation sites (tertiary alicyclic amines) is 1. The van der Waals surface area contributed by atoms with Gasteiger partial charge in [0, 0.05) is 13.0 Å². The summed E-state index contributed by atoms with van der Waals surface area (Å²) >= 11 is 0. The number of carbonyl (C=O) groups excluding carboxylic acids is 1. The maximum Gasteiger partial charge on any atom is 0.222 e. The summed E-state index contributed by atoms with van der Waals surface area (Å²) in [7, 11) is 0. The van der Waals surface area contributed by atoms with Crippen LogP contribution >= 0.6 is 0 Å². The van der Waals surface area contributed by atoms with Crippen molar-refractivity contribution in [1.82, 2.24) is 4.90 Å². The molecule has 1 aliphatic heterocycles. The molecule has 0 aromatic carbocycles. The van der Waals surface area contributed by atoms with Gasteiger partial charge in [-0.25, -0.2) is 0 Å². The van der Waals surface area contributed by atoms with Gasteiger partial charge in [-0.05, 0) is 31.6 Å². The fraction of sp³-hybridized carbons (Fsp3) is 0.941. The highest BCUT2D eigenvalue weighted by Crippen LogP contribution is 2.28. The summed E-state index contributed by atoms with van der Waals surface area (Å²) < 4.78 is 0. The van der Waals surface area contributed by atoms with E-state index in [9.17, 15) is 9.90 Å². The molecule has 3 heteroatoms. The molecular weight excluding hydrogens is 250 g/mol. The van der Waals surface area contributed by atoms with Crippen molar-refractivity contribution in [2.75, 3.05) is 13.2 Å². The van der Waals surface area contributed by atoms with Crippen molar-refractivity contribution in [3.05, 3.63) is 0 Å². The Morgan fingerprint density at radius 3 is 2.45 bits per heavy atom. The molecule has 1 amide bonds. The average molecular weight is 281 g/mol. The first-order chi connectivity index (χ1) is 9.81. The van der Waals surface area contributed by atoms with Crippen LogP contribution in [0.25, 0.3) is 0 Å². The number of aliphatic hydroxyl groups excluding tert-OH is 1. The molecule has 2 aliphatic rings. The van der Waals surface area contributed by atoms with Crippen molar-refractivity contribution in [3.8, 4) is 0 Å². The van der Waals surface area contributed by atoms with Crippen LogP contribution < -0.4 is 0 Å². The first-order valence-electron chi connectivity index (χ1n) is 8.71. The molecule has 0 aromatic rings. The number of nitrogens with zero attached hydrogens (tertiary/aromatic N) is 1. The van der Waals surface area contributed by atoms with E-state index in [1.807, 2.05) is 4.90 Å². The molecule has 0 spiro atoms. The van der Waals surface area contributed by atoms with Gasteiger partial charge < -0.3 is 10.0 Å². The van der Waals surface area contributed by atoms with Gasteiger partial charge >= 0.3 is 0 Å². The summed E-state index contributed by atoms with van der Waals surface area (Å²) in [6.45, 7) is 0.988. The van der Waals surface area contributed by atoms with E-state index in [0.717, 1.165) is 38.1 Å². The Hall–Kier alpha value is -0.570. The number of hydrogen-bond acceptors (Lipinski definition) is 2. The summed E-state index contributed by atoms with van der Waals surface area (Å²) in [5.41, 5.74) is 0. The molecule has 3 nitrogen and oxygen atoms in total. The Morgan fingerprint density at radius 2 is 1.70 bits per heavy atom. The van der Waals surface area contributed by atoms with Crippen LogP contribution in [0.3, 0.4) is 0 Å². The molecule has 0 aromatic heterocycles. The van der Waals surface area contributed by atoms with Crippen molar-refractivity contribution in [3.63, 3.8) is 0 Å². The molecule has 2 rings (SSSR count). The fourth-order valence-corrected chi connectivity index (χ4v) is 3.86. The third kappa shape index (κ3) is 4.76. The Morgan fingerprint density at radius 1 is 1.00 bits per heavy atom. The Labute approximate surface area is 123 Å². The third-order valence-corrected chi connectivity index (χ3v) is 5.14. The normalized spacial score (nSPS) is 25.4. The van der Waals surface area contributed by atoms with Crippen LogP contribution in [0.5, 0.6) is 0 Å². The highest BCUT2D eigenvalue weighted by Gasteiger charge is 2.24. The van der Waals surface area contributed by atoms with Crippen molar-refractivity contribution < 1.29 is 9.90 Å². The summed E-state index contributed by atoms with van der Waals surface area (Å²) in [5.74, 6) is 1.15. The number of rotatable bonds is 5. The fourth-order valence-electron chi connectivity index (χ4n) is 3.86. The van der Waals surface area contributed by atoms with Crippen LogP contribution in [-0.2, 0) is 4.79 Å². The van der Waals surface area contributed by atoms with Crippen LogP contribution in [0.2, 0.25) is 0 Å². The molecule has 20 heavy (non-hydrogen) atoms. The lowest BCUT2D eigenvalue weighted by Gasteiger charge is -2.29. The maximum atomic E-state index is 12.4. The standard InChI is InChI=1S/C17H31NO2/c19-14-16-11-5-2-6-13-18(16)17(20)12-7-10-15-8-3-1-4-9-15/h15-16,19H,1-14H2. The van der Waals surface area contributed by atoms with Crippen LogP contribution in [0, 0.1) is 5.92 Å². The van der Waals surface area contributed by atoms with Crippen molar-refractivity contribution in [2.24, 2.45) is 5.92 Å². The number of aliphatic hydroxyl groups is 1. The van der Waals surface area contributed by atoms with E-state index in [1.165, 1.54) is 44.9 Å². The Bertz CT molecular complexity index is 287. The summed E-state index contributed by atoms with van der Waals surface area (Å²) in [5, 5.41) is 9.47. The van der Waals surface area contributed by atoms with E-state index in [0.29, 0.717) is 6.42 Å². The molecule has 1 heterocycles. The van der Waals surface area contributed by atoms with Gasteiger partial charge in [0.05, 0.1) is 12.6 Å². The lowest BCUT2D eigenvalue weighted by Crippen LogP contribution is -2.42. The van der Waals surface area contributed by atoms with Crippen molar-refractivity contribution in [2.45, 2.75) is 83.1 Å². The molecule has 1 unspecified atom stereocenters. The van der Waals surface area contributed by atoms with E-state index < -0.39 is 0 Å². The molecule has 1 atom stereocenters. The molecule has 116 valence electrons. The molecule has 1 saturated carbocycles.